The van der Waals surface area contributed by atoms with Crippen LogP contribution in [0.15, 0.2) is 0 Å². The van der Waals surface area contributed by atoms with E-state index in [0.29, 0.717) is 0 Å². The molecule has 0 aromatic rings. The number of hydrogen-bond acceptors (Lipinski definition) is 5. The van der Waals surface area contributed by atoms with E-state index in [4.69, 9.17) is 18.9 Å². The van der Waals surface area contributed by atoms with Crippen molar-refractivity contribution < 1.29 is 24.1 Å². The molecule has 88 valence electrons. The zero-order valence-corrected chi connectivity index (χ0v) is 10.5. The van der Waals surface area contributed by atoms with E-state index in [2.05, 4.69) is 15.9 Å². The highest BCUT2D eigenvalue weighted by atomic mass is 79.9. The molecule has 2 heterocycles. The number of rotatable bonds is 2. The van der Waals surface area contributed by atoms with Crippen molar-refractivity contribution in [2.45, 2.75) is 43.9 Å². The summed E-state index contributed by atoms with van der Waals surface area (Å²) in [6.45, 7) is 3.60. The van der Waals surface area contributed by atoms with Crippen LogP contribution in [0.3, 0.4) is 0 Å². The summed E-state index contributed by atoms with van der Waals surface area (Å²) < 4.78 is 21.7. The second kappa shape index (κ2) is 3.65. The van der Waals surface area contributed by atoms with Gasteiger partial charge in [-0.15, -0.1) is 0 Å². The van der Waals surface area contributed by atoms with Gasteiger partial charge in [0.05, 0.1) is 5.33 Å². The molecule has 2 fully saturated rings. The van der Waals surface area contributed by atoms with Crippen LogP contribution in [0.5, 0.6) is 0 Å². The summed E-state index contributed by atoms with van der Waals surface area (Å²) in [7, 11) is 1.51. The number of hydrogen-bond donors (Lipinski definition) is 1. The normalized spacial score (nSPS) is 48.2. The molecule has 0 spiro atoms. The Morgan fingerprint density at radius 3 is 2.53 bits per heavy atom. The summed E-state index contributed by atoms with van der Waals surface area (Å²) in [6, 6.07) is 0. The van der Waals surface area contributed by atoms with Crippen LogP contribution in [0.4, 0.5) is 0 Å². The summed E-state index contributed by atoms with van der Waals surface area (Å²) in [5.41, 5.74) is 0. The van der Waals surface area contributed by atoms with Gasteiger partial charge in [0, 0.05) is 7.11 Å². The van der Waals surface area contributed by atoms with E-state index in [9.17, 15) is 5.11 Å². The van der Waals surface area contributed by atoms with Gasteiger partial charge >= 0.3 is 0 Å². The zero-order valence-electron chi connectivity index (χ0n) is 8.90. The molecule has 0 unspecified atom stereocenters. The number of fused-ring (bicyclic) bond motifs is 1. The van der Waals surface area contributed by atoms with E-state index < -0.39 is 30.1 Å². The summed E-state index contributed by atoms with van der Waals surface area (Å²) in [5, 5.41) is 10.4. The number of halogens is 1. The monoisotopic (exact) mass is 282 g/mol. The fourth-order valence-electron chi connectivity index (χ4n) is 1.96. The minimum atomic E-state index is -1.39. The van der Waals surface area contributed by atoms with Crippen molar-refractivity contribution in [3.8, 4) is 0 Å². The Hall–Kier alpha value is 0.280. The van der Waals surface area contributed by atoms with Crippen LogP contribution in [0.1, 0.15) is 13.8 Å². The molecule has 0 saturated carbocycles. The first kappa shape index (κ1) is 11.8. The summed E-state index contributed by atoms with van der Waals surface area (Å²) in [5.74, 6) is -2.11. The maximum atomic E-state index is 10.1. The molecule has 0 bridgehead atoms. The van der Waals surface area contributed by atoms with E-state index >= 15 is 0 Å². The van der Waals surface area contributed by atoms with Gasteiger partial charge in [-0.3, -0.25) is 0 Å². The molecule has 6 heteroatoms. The predicted octanol–water partition coefficient (Wildman–Crippen LogP) is 0.593. The van der Waals surface area contributed by atoms with Crippen LogP contribution in [0, 0.1) is 0 Å². The molecule has 0 aromatic carbocycles. The van der Waals surface area contributed by atoms with Crippen molar-refractivity contribution in [1.29, 1.82) is 0 Å². The summed E-state index contributed by atoms with van der Waals surface area (Å²) in [4.78, 5) is 0. The number of aliphatic hydroxyl groups is 1. The average molecular weight is 283 g/mol. The second-order valence-electron chi connectivity index (χ2n) is 4.22. The van der Waals surface area contributed by atoms with Crippen LogP contribution in [-0.4, -0.2) is 47.6 Å². The maximum absolute atomic E-state index is 10.1. The van der Waals surface area contributed by atoms with E-state index in [-0.39, 0.29) is 5.33 Å². The molecule has 15 heavy (non-hydrogen) atoms. The van der Waals surface area contributed by atoms with Crippen molar-refractivity contribution in [3.05, 3.63) is 0 Å². The molecule has 4 atom stereocenters. The Balaban J connectivity index is 2.23. The van der Waals surface area contributed by atoms with Crippen LogP contribution in [0.2, 0.25) is 0 Å². The fraction of sp³-hybridized carbons (Fsp3) is 1.00. The van der Waals surface area contributed by atoms with Gasteiger partial charge in [0.1, 0.15) is 12.2 Å². The van der Waals surface area contributed by atoms with E-state index in [1.165, 1.54) is 7.11 Å². The Kier molecular flexibility index (Phi) is 2.86. The van der Waals surface area contributed by atoms with Crippen LogP contribution < -0.4 is 0 Å². The lowest BCUT2D eigenvalue weighted by Crippen LogP contribution is -2.44. The molecule has 5 nitrogen and oxygen atoms in total. The predicted molar refractivity (Wildman–Crippen MR) is 54.5 cm³/mol. The molecule has 2 saturated heterocycles. The van der Waals surface area contributed by atoms with Gasteiger partial charge < -0.3 is 24.1 Å². The molecule has 1 N–H and O–H groups in total. The first-order chi connectivity index (χ1) is 6.92. The van der Waals surface area contributed by atoms with Crippen LogP contribution in [-0.2, 0) is 18.9 Å². The van der Waals surface area contributed by atoms with E-state index in [1.807, 2.05) is 0 Å². The van der Waals surface area contributed by atoms with Gasteiger partial charge in [0.15, 0.2) is 12.1 Å². The van der Waals surface area contributed by atoms with Crippen molar-refractivity contribution in [2.75, 3.05) is 12.4 Å². The number of methoxy groups -OCH3 is 1. The standard InChI is InChI=1S/C9H15BrO5/c1-8(2)13-5-6(14-8)9(11,4-10)15-7(5)12-3/h5-7,11H,4H2,1-3H3/t5-,6+,7-,9+/m1/s1. The van der Waals surface area contributed by atoms with Crippen molar-refractivity contribution in [1.82, 2.24) is 0 Å². The molecule has 2 rings (SSSR count). The minimum Gasteiger partial charge on any atom is -0.363 e. The van der Waals surface area contributed by atoms with Crippen LogP contribution in [0.25, 0.3) is 0 Å². The highest BCUT2D eigenvalue weighted by molar-refractivity contribution is 9.09. The third-order valence-corrected chi connectivity index (χ3v) is 3.39. The first-order valence-electron chi connectivity index (χ1n) is 4.76. The van der Waals surface area contributed by atoms with Crippen LogP contribution >= 0.6 is 15.9 Å². The van der Waals surface area contributed by atoms with Gasteiger partial charge in [0.2, 0.25) is 5.79 Å². The van der Waals surface area contributed by atoms with Gasteiger partial charge in [-0.25, -0.2) is 0 Å². The summed E-state index contributed by atoms with van der Waals surface area (Å²) >= 11 is 3.20. The van der Waals surface area contributed by atoms with E-state index in [1.54, 1.807) is 13.8 Å². The Morgan fingerprint density at radius 2 is 2.00 bits per heavy atom. The highest BCUT2D eigenvalue weighted by Gasteiger charge is 2.62. The Morgan fingerprint density at radius 1 is 1.33 bits per heavy atom. The lowest BCUT2D eigenvalue weighted by molar-refractivity contribution is -0.297. The smallest absolute Gasteiger partial charge is 0.207 e. The Labute approximate surface area is 96.8 Å². The first-order valence-corrected chi connectivity index (χ1v) is 5.88. The molecule has 2 aliphatic rings. The molecule has 0 aliphatic carbocycles. The van der Waals surface area contributed by atoms with Gasteiger partial charge in [-0.05, 0) is 13.8 Å². The highest BCUT2D eigenvalue weighted by Crippen LogP contribution is 2.43. The minimum absolute atomic E-state index is 0.250. The number of ether oxygens (including phenoxy) is 4. The Bertz CT molecular complexity index is 259. The zero-order chi connectivity index (χ0) is 11.3. The van der Waals surface area contributed by atoms with Crippen molar-refractivity contribution in [3.63, 3.8) is 0 Å². The second-order valence-corrected chi connectivity index (χ2v) is 4.78. The van der Waals surface area contributed by atoms with Gasteiger partial charge in [-0.2, -0.15) is 0 Å². The summed E-state index contributed by atoms with van der Waals surface area (Å²) in [6.07, 6.45) is -1.52. The molecular weight excluding hydrogens is 268 g/mol. The van der Waals surface area contributed by atoms with Crippen molar-refractivity contribution in [2.24, 2.45) is 0 Å². The molecule has 0 radical (unpaired) electrons. The quantitative estimate of drug-likeness (QED) is 0.752. The maximum Gasteiger partial charge on any atom is 0.207 e. The van der Waals surface area contributed by atoms with Gasteiger partial charge in [-0.1, -0.05) is 15.9 Å². The number of alkyl halides is 1. The molecule has 0 aromatic heterocycles. The van der Waals surface area contributed by atoms with Crippen molar-refractivity contribution >= 4 is 15.9 Å². The molecule has 0 amide bonds. The average Bonchev–Trinajstić information content (AvgIpc) is 2.61. The fourth-order valence-corrected chi connectivity index (χ4v) is 2.41. The lowest BCUT2D eigenvalue weighted by Gasteiger charge is -2.28. The largest absolute Gasteiger partial charge is 0.363 e. The molecular formula is C9H15BrO5. The third kappa shape index (κ3) is 1.83. The van der Waals surface area contributed by atoms with E-state index in [0.717, 1.165) is 0 Å². The van der Waals surface area contributed by atoms with Gasteiger partial charge in [0.25, 0.3) is 0 Å². The molecule has 2 aliphatic heterocycles. The SMILES string of the molecule is CO[C@@H]1O[C@@](O)(CBr)[C@H]2OC(C)(C)O[C@@H]12. The third-order valence-electron chi connectivity index (χ3n) is 2.59. The topological polar surface area (TPSA) is 57.2 Å². The lowest BCUT2D eigenvalue weighted by atomic mass is 10.1.